The molecule has 2 aliphatic heterocycles. The highest BCUT2D eigenvalue weighted by molar-refractivity contribution is 5.78. The Labute approximate surface area is 169 Å². The van der Waals surface area contributed by atoms with Gasteiger partial charge in [-0.15, -0.1) is 0 Å². The summed E-state index contributed by atoms with van der Waals surface area (Å²) in [5.41, 5.74) is 1.34. The van der Waals surface area contributed by atoms with Crippen LogP contribution in [0.3, 0.4) is 0 Å². The topological polar surface area (TPSA) is 54.0 Å². The van der Waals surface area contributed by atoms with Crippen molar-refractivity contribution in [2.75, 3.05) is 45.9 Å². The molecule has 0 bridgehead atoms. The Hall–Kier alpha value is -1.79. The Kier molecular flexibility index (Phi) is 7.18. The molecule has 156 valence electrons. The van der Waals surface area contributed by atoms with E-state index in [9.17, 15) is 4.79 Å². The third-order valence-electron chi connectivity index (χ3n) is 5.42. The highest BCUT2D eigenvalue weighted by Crippen LogP contribution is 2.29. The van der Waals surface area contributed by atoms with Crippen molar-refractivity contribution in [2.45, 2.75) is 52.1 Å². The molecule has 0 aromatic heterocycles. The molecule has 1 aromatic carbocycles. The molecule has 6 heteroatoms. The number of hydrogen-bond acceptors (Lipinski definition) is 5. The number of carbonyl (C=O) groups excluding carboxylic acids is 1. The Morgan fingerprint density at radius 2 is 1.89 bits per heavy atom. The number of benzene rings is 1. The quantitative estimate of drug-likeness (QED) is 0.777. The number of hydrogen-bond donors (Lipinski definition) is 1. The van der Waals surface area contributed by atoms with Gasteiger partial charge in [-0.05, 0) is 57.7 Å². The first-order chi connectivity index (χ1) is 13.5. The fourth-order valence-corrected chi connectivity index (χ4v) is 4.05. The Morgan fingerprint density at radius 3 is 2.61 bits per heavy atom. The SMILES string of the molecule is CCOc1cc(CN2CCNC(C)(C)C2)ccc1OCC(=O)N1CCCCC1. The van der Waals surface area contributed by atoms with E-state index in [0.29, 0.717) is 12.4 Å². The van der Waals surface area contributed by atoms with E-state index in [-0.39, 0.29) is 18.1 Å². The molecule has 2 heterocycles. The van der Waals surface area contributed by atoms with Gasteiger partial charge in [0, 0.05) is 44.8 Å². The molecule has 2 saturated heterocycles. The van der Waals surface area contributed by atoms with Crippen LogP contribution < -0.4 is 14.8 Å². The third-order valence-corrected chi connectivity index (χ3v) is 5.42. The lowest BCUT2D eigenvalue weighted by Crippen LogP contribution is -2.56. The van der Waals surface area contributed by atoms with E-state index in [4.69, 9.17) is 9.47 Å². The van der Waals surface area contributed by atoms with Crippen molar-refractivity contribution >= 4 is 5.91 Å². The van der Waals surface area contributed by atoms with Crippen LogP contribution in [-0.4, -0.2) is 67.2 Å². The molecular weight excluding hydrogens is 354 g/mol. The van der Waals surface area contributed by atoms with Crippen LogP contribution in [0.25, 0.3) is 0 Å². The molecule has 0 atom stereocenters. The van der Waals surface area contributed by atoms with E-state index < -0.39 is 0 Å². The van der Waals surface area contributed by atoms with Crippen LogP contribution in [0.2, 0.25) is 0 Å². The van der Waals surface area contributed by atoms with Gasteiger partial charge >= 0.3 is 0 Å². The molecule has 6 nitrogen and oxygen atoms in total. The zero-order valence-corrected chi connectivity index (χ0v) is 17.6. The molecule has 0 saturated carbocycles. The second-order valence-electron chi connectivity index (χ2n) is 8.47. The molecule has 2 fully saturated rings. The first kappa shape index (κ1) is 20.9. The highest BCUT2D eigenvalue weighted by atomic mass is 16.5. The minimum absolute atomic E-state index is 0.0641. The monoisotopic (exact) mass is 389 g/mol. The average molecular weight is 390 g/mol. The number of amides is 1. The van der Waals surface area contributed by atoms with Gasteiger partial charge in [-0.25, -0.2) is 0 Å². The molecule has 1 amide bonds. The smallest absolute Gasteiger partial charge is 0.260 e. The van der Waals surface area contributed by atoms with Crippen molar-refractivity contribution in [3.05, 3.63) is 23.8 Å². The minimum atomic E-state index is 0.0641. The zero-order valence-electron chi connectivity index (χ0n) is 17.6. The van der Waals surface area contributed by atoms with E-state index in [2.05, 4.69) is 36.2 Å². The van der Waals surface area contributed by atoms with Gasteiger partial charge in [0.1, 0.15) is 0 Å². The first-order valence-corrected chi connectivity index (χ1v) is 10.6. The van der Waals surface area contributed by atoms with Crippen LogP contribution in [0.15, 0.2) is 18.2 Å². The van der Waals surface area contributed by atoms with Crippen LogP contribution in [0.4, 0.5) is 0 Å². The molecule has 1 aromatic rings. The van der Waals surface area contributed by atoms with Crippen molar-refractivity contribution in [2.24, 2.45) is 0 Å². The summed E-state index contributed by atoms with van der Waals surface area (Å²) in [5.74, 6) is 1.44. The van der Waals surface area contributed by atoms with E-state index in [1.807, 2.05) is 17.9 Å². The normalized spacial score (nSPS) is 20.0. The first-order valence-electron chi connectivity index (χ1n) is 10.6. The lowest BCUT2D eigenvalue weighted by molar-refractivity contribution is -0.134. The van der Waals surface area contributed by atoms with Gasteiger partial charge in [-0.3, -0.25) is 9.69 Å². The number of nitrogens with zero attached hydrogens (tertiary/aromatic N) is 2. The number of likely N-dealkylation sites (tertiary alicyclic amines) is 1. The van der Waals surface area contributed by atoms with Gasteiger partial charge in [0.25, 0.3) is 5.91 Å². The number of piperidine rings is 1. The van der Waals surface area contributed by atoms with Crippen molar-refractivity contribution in [3.8, 4) is 11.5 Å². The number of carbonyl (C=O) groups is 1. The largest absolute Gasteiger partial charge is 0.490 e. The van der Waals surface area contributed by atoms with Gasteiger partial charge < -0.3 is 19.7 Å². The van der Waals surface area contributed by atoms with Gasteiger partial charge in [0.05, 0.1) is 6.61 Å². The van der Waals surface area contributed by atoms with Crippen molar-refractivity contribution in [3.63, 3.8) is 0 Å². The lowest BCUT2D eigenvalue weighted by Gasteiger charge is -2.39. The van der Waals surface area contributed by atoms with E-state index >= 15 is 0 Å². The van der Waals surface area contributed by atoms with Gasteiger partial charge in [0.2, 0.25) is 0 Å². The predicted molar refractivity (Wildman–Crippen MR) is 111 cm³/mol. The number of piperazine rings is 1. The van der Waals surface area contributed by atoms with Crippen LogP contribution >= 0.6 is 0 Å². The van der Waals surface area contributed by atoms with Crippen molar-refractivity contribution < 1.29 is 14.3 Å². The van der Waals surface area contributed by atoms with Gasteiger partial charge in [0.15, 0.2) is 18.1 Å². The molecule has 0 radical (unpaired) electrons. The molecular formula is C22H35N3O3. The summed E-state index contributed by atoms with van der Waals surface area (Å²) in [6.45, 7) is 12.7. The standard InChI is InChI=1S/C22H35N3O3/c1-4-27-20-14-18(15-24-13-10-23-22(2,3)17-24)8-9-19(20)28-16-21(26)25-11-6-5-7-12-25/h8-9,14,23H,4-7,10-13,15-17H2,1-3H3. The third kappa shape index (κ3) is 5.85. The summed E-state index contributed by atoms with van der Waals surface area (Å²) in [7, 11) is 0. The Morgan fingerprint density at radius 1 is 1.11 bits per heavy atom. The van der Waals surface area contributed by atoms with Crippen LogP contribution in [0.5, 0.6) is 11.5 Å². The second-order valence-corrected chi connectivity index (χ2v) is 8.47. The van der Waals surface area contributed by atoms with Crippen LogP contribution in [-0.2, 0) is 11.3 Å². The van der Waals surface area contributed by atoms with Crippen molar-refractivity contribution in [1.29, 1.82) is 0 Å². The Bertz CT molecular complexity index is 656. The van der Waals surface area contributed by atoms with Gasteiger partial charge in [-0.1, -0.05) is 6.07 Å². The van der Waals surface area contributed by atoms with Gasteiger partial charge in [-0.2, -0.15) is 0 Å². The highest BCUT2D eigenvalue weighted by Gasteiger charge is 2.25. The van der Waals surface area contributed by atoms with E-state index in [1.54, 1.807) is 0 Å². The van der Waals surface area contributed by atoms with Crippen LogP contribution in [0.1, 0.15) is 45.6 Å². The lowest BCUT2D eigenvalue weighted by atomic mass is 10.0. The molecule has 0 unspecified atom stereocenters. The van der Waals surface area contributed by atoms with Crippen molar-refractivity contribution in [1.82, 2.24) is 15.1 Å². The minimum Gasteiger partial charge on any atom is -0.490 e. The fourth-order valence-electron chi connectivity index (χ4n) is 4.05. The maximum absolute atomic E-state index is 12.4. The Balaban J connectivity index is 1.61. The summed E-state index contributed by atoms with van der Waals surface area (Å²) >= 11 is 0. The maximum Gasteiger partial charge on any atom is 0.260 e. The summed E-state index contributed by atoms with van der Waals surface area (Å²) in [6.07, 6.45) is 3.39. The predicted octanol–water partition coefficient (Wildman–Crippen LogP) is 2.66. The molecule has 28 heavy (non-hydrogen) atoms. The summed E-state index contributed by atoms with van der Waals surface area (Å²) in [4.78, 5) is 16.7. The van der Waals surface area contributed by atoms with Crippen LogP contribution in [0, 0.1) is 0 Å². The zero-order chi connectivity index (χ0) is 20.0. The fraction of sp³-hybridized carbons (Fsp3) is 0.682. The molecule has 1 N–H and O–H groups in total. The number of ether oxygens (including phenoxy) is 2. The average Bonchev–Trinajstić information content (AvgIpc) is 2.67. The summed E-state index contributed by atoms with van der Waals surface area (Å²) in [5, 5.41) is 3.55. The summed E-state index contributed by atoms with van der Waals surface area (Å²) < 4.78 is 11.6. The van der Waals surface area contributed by atoms with E-state index in [1.165, 1.54) is 12.0 Å². The molecule has 0 spiro atoms. The maximum atomic E-state index is 12.4. The molecule has 0 aliphatic carbocycles. The summed E-state index contributed by atoms with van der Waals surface area (Å²) in [6, 6.07) is 6.08. The molecule has 2 aliphatic rings. The molecule has 3 rings (SSSR count). The number of nitrogens with one attached hydrogen (secondary N) is 1. The number of rotatable bonds is 7. The van der Waals surface area contributed by atoms with E-state index in [0.717, 1.165) is 57.9 Å². The second kappa shape index (κ2) is 9.61.